The summed E-state index contributed by atoms with van der Waals surface area (Å²) in [6, 6.07) is 0. The Labute approximate surface area is 52.3 Å². The molecule has 0 saturated heterocycles. The molecule has 1 aliphatic heterocycles. The topological polar surface area (TPSA) is 32.3 Å². The Morgan fingerprint density at radius 1 is 1.88 bits per heavy atom. The van der Waals surface area contributed by atoms with Crippen LogP contribution in [0, 0.1) is 6.26 Å². The van der Waals surface area contributed by atoms with Crippen LogP contribution in [0.3, 0.4) is 0 Å². The van der Waals surface area contributed by atoms with Crippen LogP contribution in [0.15, 0.2) is 16.1 Å². The van der Waals surface area contributed by atoms with E-state index in [-0.39, 0.29) is 0 Å². The molecule has 2 N–H and O–H groups in total. The highest BCUT2D eigenvalue weighted by atomic mass is 32.2. The molecular weight excluding hydrogens is 122 g/mol. The van der Waals surface area contributed by atoms with Gasteiger partial charge in [0.05, 0.1) is 0 Å². The van der Waals surface area contributed by atoms with Gasteiger partial charge in [0, 0.05) is 11.1 Å². The molecule has 0 radical (unpaired) electrons. The second-order valence-corrected chi connectivity index (χ2v) is 2.36. The number of thioether (sulfide) groups is 1. The lowest BCUT2D eigenvalue weighted by Crippen LogP contribution is -2.00. The van der Waals surface area contributed by atoms with Crippen molar-refractivity contribution in [3.63, 3.8) is 0 Å². The summed E-state index contributed by atoms with van der Waals surface area (Å²) in [7, 11) is 0. The average Bonchev–Trinajstić information content (AvgIpc) is 2.14. The summed E-state index contributed by atoms with van der Waals surface area (Å²) < 4.78 is 0. The molecule has 0 amide bonds. The van der Waals surface area contributed by atoms with E-state index in [2.05, 4.69) is 5.32 Å². The Hall–Kier alpha value is -0.660. The van der Waals surface area contributed by atoms with Gasteiger partial charge in [0.15, 0.2) is 0 Å². The van der Waals surface area contributed by atoms with Gasteiger partial charge in [-0.25, -0.2) is 0 Å². The van der Waals surface area contributed by atoms with Crippen LogP contribution in [0.2, 0.25) is 0 Å². The van der Waals surface area contributed by atoms with Crippen LogP contribution < -0.4 is 5.32 Å². The first kappa shape index (κ1) is 5.48. The van der Waals surface area contributed by atoms with Crippen LogP contribution >= 0.6 is 11.8 Å². The maximum absolute atomic E-state index is 8.28. The molecule has 0 aromatic rings. The summed E-state index contributed by atoms with van der Waals surface area (Å²) in [4.78, 5) is 0. The van der Waals surface area contributed by atoms with Crippen molar-refractivity contribution in [2.45, 2.75) is 6.92 Å². The van der Waals surface area contributed by atoms with Crippen LogP contribution in [-0.4, -0.2) is 5.11 Å². The molecule has 1 rings (SSSR count). The molecule has 3 heteroatoms. The van der Waals surface area contributed by atoms with Crippen molar-refractivity contribution in [1.82, 2.24) is 5.32 Å². The molecule has 0 unspecified atom stereocenters. The average molecular weight is 128 g/mol. The number of aliphatic hydroxyl groups is 1. The lowest BCUT2D eigenvalue weighted by Gasteiger charge is -1.83. The van der Waals surface area contributed by atoms with Crippen LogP contribution in [0.1, 0.15) is 6.92 Å². The van der Waals surface area contributed by atoms with Crippen molar-refractivity contribution >= 4 is 11.8 Å². The second-order valence-electron chi connectivity index (χ2n) is 1.48. The molecule has 42 valence electrons. The monoisotopic (exact) mass is 128 g/mol. The number of allylic oxidation sites excluding steroid dienone is 1. The van der Waals surface area contributed by atoms with Crippen LogP contribution in [-0.2, 0) is 0 Å². The highest BCUT2D eigenvalue weighted by Crippen LogP contribution is 2.22. The minimum absolute atomic E-state index is 0.669. The molecule has 1 heterocycles. The predicted octanol–water partition coefficient (Wildman–Crippen LogP) is 1.34. The van der Waals surface area contributed by atoms with Crippen molar-refractivity contribution in [1.29, 1.82) is 0 Å². The maximum Gasteiger partial charge on any atom is 0.519 e. The molecular formula is C5H6NOS+. The molecule has 0 spiro atoms. The van der Waals surface area contributed by atoms with E-state index in [1.807, 2.05) is 18.6 Å². The highest BCUT2D eigenvalue weighted by Gasteiger charge is 2.16. The number of aliphatic hydroxyl groups excluding tert-OH is 1. The largest absolute Gasteiger partial charge is 0.519 e. The molecule has 1 aliphatic rings. The zero-order valence-electron chi connectivity index (χ0n) is 4.43. The van der Waals surface area contributed by atoms with E-state index < -0.39 is 0 Å². The molecule has 8 heavy (non-hydrogen) atoms. The Balaban J connectivity index is 2.56. The number of rotatable bonds is 0. The number of hydrogen-bond donors (Lipinski definition) is 2. The molecule has 0 saturated carbocycles. The van der Waals surface area contributed by atoms with Crippen molar-refractivity contribution in [2.75, 3.05) is 0 Å². The Bertz CT molecular complexity index is 151. The van der Waals surface area contributed by atoms with Gasteiger partial charge in [-0.15, -0.1) is 0 Å². The van der Waals surface area contributed by atoms with E-state index in [4.69, 9.17) is 5.11 Å². The maximum atomic E-state index is 8.28. The van der Waals surface area contributed by atoms with Crippen molar-refractivity contribution < 1.29 is 5.11 Å². The summed E-state index contributed by atoms with van der Waals surface area (Å²) in [5.74, 6) is 0. The van der Waals surface area contributed by atoms with Gasteiger partial charge in [-0.2, -0.15) is 0 Å². The summed E-state index contributed by atoms with van der Waals surface area (Å²) in [6.45, 7) is 1.93. The Kier molecular flexibility index (Phi) is 1.42. The van der Waals surface area contributed by atoms with Gasteiger partial charge in [0.2, 0.25) is 0 Å². The van der Waals surface area contributed by atoms with Gasteiger partial charge >= 0.3 is 11.3 Å². The summed E-state index contributed by atoms with van der Waals surface area (Å²) in [5, 5.41) is 13.7. The predicted molar refractivity (Wildman–Crippen MR) is 33.9 cm³/mol. The number of hydrogen-bond acceptors (Lipinski definition) is 3. The molecule has 2 nitrogen and oxygen atoms in total. The first-order valence-electron chi connectivity index (χ1n) is 2.20. The van der Waals surface area contributed by atoms with E-state index in [0.29, 0.717) is 5.03 Å². The van der Waals surface area contributed by atoms with Gasteiger partial charge < -0.3 is 5.32 Å². The SMILES string of the molecule is CC1=CSC(=[C+]O)N1. The first-order valence-corrected chi connectivity index (χ1v) is 3.08. The summed E-state index contributed by atoms with van der Waals surface area (Å²) in [5.41, 5.74) is 1.05. The second kappa shape index (κ2) is 2.07. The van der Waals surface area contributed by atoms with Gasteiger partial charge in [-0.05, 0) is 18.7 Å². The minimum atomic E-state index is 0.669. The van der Waals surface area contributed by atoms with Crippen molar-refractivity contribution in [2.24, 2.45) is 0 Å². The summed E-state index contributed by atoms with van der Waals surface area (Å²) >= 11 is 1.43. The molecule has 0 fully saturated rings. The van der Waals surface area contributed by atoms with Gasteiger partial charge in [-0.1, -0.05) is 0 Å². The van der Waals surface area contributed by atoms with Crippen LogP contribution in [0.5, 0.6) is 0 Å². The first-order chi connectivity index (χ1) is 3.83. The van der Waals surface area contributed by atoms with Crippen LogP contribution in [0.4, 0.5) is 0 Å². The van der Waals surface area contributed by atoms with E-state index in [0.717, 1.165) is 5.70 Å². The molecule has 0 aromatic heterocycles. The van der Waals surface area contributed by atoms with Crippen LogP contribution in [0.25, 0.3) is 0 Å². The van der Waals surface area contributed by atoms with Gasteiger partial charge in [0.25, 0.3) is 0 Å². The zero-order valence-corrected chi connectivity index (χ0v) is 5.25. The zero-order chi connectivity index (χ0) is 5.98. The van der Waals surface area contributed by atoms with E-state index in [1.165, 1.54) is 11.8 Å². The number of nitrogens with one attached hydrogen (secondary N) is 1. The fraction of sp³-hybridized carbons (Fsp3) is 0.200. The normalized spacial score (nSPS) is 22.1. The van der Waals surface area contributed by atoms with Crippen molar-refractivity contribution in [3.05, 3.63) is 22.4 Å². The molecule has 0 bridgehead atoms. The van der Waals surface area contributed by atoms with Gasteiger partial charge in [0.1, 0.15) is 0 Å². The third kappa shape index (κ3) is 0.941. The molecule has 0 atom stereocenters. The third-order valence-corrected chi connectivity index (χ3v) is 1.67. The fourth-order valence-corrected chi connectivity index (χ4v) is 1.07. The highest BCUT2D eigenvalue weighted by molar-refractivity contribution is 8.06. The third-order valence-electron chi connectivity index (χ3n) is 0.766. The van der Waals surface area contributed by atoms with E-state index in [9.17, 15) is 0 Å². The fourth-order valence-electron chi connectivity index (χ4n) is 0.440. The quantitative estimate of drug-likeness (QED) is 0.381. The lowest BCUT2D eigenvalue weighted by atomic mass is 10.6. The van der Waals surface area contributed by atoms with Crippen molar-refractivity contribution in [3.8, 4) is 0 Å². The Morgan fingerprint density at radius 2 is 2.62 bits per heavy atom. The smallest absolute Gasteiger partial charge is 0.306 e. The van der Waals surface area contributed by atoms with E-state index >= 15 is 0 Å². The molecule has 0 aliphatic carbocycles. The molecule has 0 aromatic carbocycles. The van der Waals surface area contributed by atoms with Gasteiger partial charge in [-0.3, -0.25) is 5.11 Å². The minimum Gasteiger partial charge on any atom is -0.306 e. The Morgan fingerprint density at radius 3 is 2.88 bits per heavy atom. The standard InChI is InChI=1S/C5H6NOS/c1-4-3-8-5(2-7)6-4/h3,6-7H,1H3/q+1. The lowest BCUT2D eigenvalue weighted by molar-refractivity contribution is 0.436. The van der Waals surface area contributed by atoms with E-state index in [1.54, 1.807) is 0 Å². The summed E-state index contributed by atoms with van der Waals surface area (Å²) in [6.07, 6.45) is 2.01.